The van der Waals surface area contributed by atoms with Gasteiger partial charge in [-0.25, -0.2) is 0 Å². The number of rotatable bonds is 40. The van der Waals surface area contributed by atoms with Gasteiger partial charge in [-0.3, -0.25) is 4.79 Å². The van der Waals surface area contributed by atoms with Gasteiger partial charge >= 0.3 is 0 Å². The minimum atomic E-state index is -0.844. The Morgan fingerprint density at radius 2 is 0.860 bits per heavy atom. The van der Waals surface area contributed by atoms with E-state index in [1.807, 2.05) is 6.08 Å². The van der Waals surface area contributed by atoms with Gasteiger partial charge in [-0.15, -0.1) is 0 Å². The summed E-state index contributed by atoms with van der Waals surface area (Å²) in [5.41, 5.74) is 0. The van der Waals surface area contributed by atoms with Crippen molar-refractivity contribution in [3.63, 3.8) is 0 Å². The zero-order valence-corrected chi connectivity index (χ0v) is 33.7. The highest BCUT2D eigenvalue weighted by Gasteiger charge is 2.17. The Morgan fingerprint density at radius 3 is 1.28 bits per heavy atom. The number of aliphatic hydroxyl groups is 2. The van der Waals surface area contributed by atoms with Crippen LogP contribution >= 0.6 is 0 Å². The number of hydrogen-bond donors (Lipinski definition) is 3. The Kier molecular flexibility index (Phi) is 40.9. The van der Waals surface area contributed by atoms with Crippen molar-refractivity contribution in [3.05, 3.63) is 36.5 Å². The van der Waals surface area contributed by atoms with Crippen LogP contribution < -0.4 is 5.32 Å². The van der Waals surface area contributed by atoms with E-state index in [-0.39, 0.29) is 12.5 Å². The van der Waals surface area contributed by atoms with Crippen molar-refractivity contribution >= 4 is 5.91 Å². The number of nitrogens with one attached hydrogen (secondary N) is 1. The van der Waals surface area contributed by atoms with Crippen LogP contribution in [-0.4, -0.2) is 34.9 Å². The maximum Gasteiger partial charge on any atom is 0.220 e. The predicted octanol–water partition coefficient (Wildman–Crippen LogP) is 13.8. The van der Waals surface area contributed by atoms with Crippen LogP contribution in [0.25, 0.3) is 0 Å². The molecule has 0 radical (unpaired) electrons. The first-order valence-electron chi connectivity index (χ1n) is 22.2. The van der Waals surface area contributed by atoms with Crippen molar-refractivity contribution in [3.8, 4) is 0 Å². The van der Waals surface area contributed by atoms with E-state index in [9.17, 15) is 15.0 Å². The van der Waals surface area contributed by atoms with E-state index in [1.54, 1.807) is 6.08 Å². The van der Waals surface area contributed by atoms with Gasteiger partial charge in [0.1, 0.15) is 0 Å². The molecule has 3 N–H and O–H groups in total. The number of unbranched alkanes of at least 4 members (excludes halogenated alkanes) is 29. The lowest BCUT2D eigenvalue weighted by molar-refractivity contribution is -0.123. The Morgan fingerprint density at radius 1 is 0.480 bits per heavy atom. The van der Waals surface area contributed by atoms with E-state index in [0.717, 1.165) is 44.9 Å². The molecular formula is C46H87NO3. The first-order chi connectivity index (χ1) is 24.7. The Bertz CT molecular complexity index is 760. The molecule has 0 fully saturated rings. The van der Waals surface area contributed by atoms with Gasteiger partial charge in [0.05, 0.1) is 18.8 Å². The molecule has 0 spiro atoms. The summed E-state index contributed by atoms with van der Waals surface area (Å²) in [5, 5.41) is 23.0. The molecule has 0 saturated carbocycles. The Balaban J connectivity index is 3.52. The molecule has 0 aliphatic heterocycles. The fourth-order valence-electron chi connectivity index (χ4n) is 6.69. The van der Waals surface area contributed by atoms with E-state index < -0.39 is 12.1 Å². The number of amides is 1. The van der Waals surface area contributed by atoms with Crippen LogP contribution in [0.3, 0.4) is 0 Å². The van der Waals surface area contributed by atoms with Crippen LogP contribution in [0.2, 0.25) is 0 Å². The summed E-state index contributed by atoms with van der Waals surface area (Å²) in [6, 6.07) is -0.628. The quantitative estimate of drug-likeness (QED) is 0.0440. The zero-order valence-electron chi connectivity index (χ0n) is 33.7. The van der Waals surface area contributed by atoms with E-state index in [0.29, 0.717) is 6.42 Å². The lowest BCUT2D eigenvalue weighted by atomic mass is 10.0. The molecule has 0 aromatic rings. The summed E-state index contributed by atoms with van der Waals surface area (Å²) >= 11 is 0. The number of hydrogen-bond acceptors (Lipinski definition) is 3. The normalized spacial score (nSPS) is 13.3. The molecule has 2 atom stereocenters. The van der Waals surface area contributed by atoms with Crippen molar-refractivity contribution in [2.45, 2.75) is 244 Å². The molecule has 0 heterocycles. The highest BCUT2D eigenvalue weighted by molar-refractivity contribution is 5.76. The largest absolute Gasteiger partial charge is 0.394 e. The molecule has 4 nitrogen and oxygen atoms in total. The molecule has 4 heteroatoms. The molecular weight excluding hydrogens is 615 g/mol. The van der Waals surface area contributed by atoms with Gasteiger partial charge in [0, 0.05) is 6.42 Å². The standard InChI is InChI=1S/C46H87NO3/c1-3-5-7-9-11-13-15-17-18-19-20-21-22-23-24-25-26-27-28-30-31-33-35-37-39-41-45(49)44(43-48)47-46(50)42-40-38-36-34-32-29-16-14-12-10-8-6-4-2/h8,10,14,16,39,41,44-45,48-49H,3-7,9,11-13,15,17-38,40,42-43H2,1-2H3,(H,47,50)/b10-8-,16-14-,41-39+. The second-order valence-corrected chi connectivity index (χ2v) is 15.1. The number of allylic oxidation sites excluding steroid dienone is 5. The van der Waals surface area contributed by atoms with Crippen LogP contribution in [0.5, 0.6) is 0 Å². The summed E-state index contributed by atoms with van der Waals surface area (Å²) < 4.78 is 0. The molecule has 0 aliphatic rings. The van der Waals surface area contributed by atoms with E-state index >= 15 is 0 Å². The van der Waals surface area contributed by atoms with E-state index in [2.05, 4.69) is 43.5 Å². The van der Waals surface area contributed by atoms with Crippen molar-refractivity contribution < 1.29 is 15.0 Å². The lowest BCUT2D eigenvalue weighted by Gasteiger charge is -2.20. The van der Waals surface area contributed by atoms with Crippen molar-refractivity contribution in [2.24, 2.45) is 0 Å². The summed E-state index contributed by atoms with van der Waals surface area (Å²) in [7, 11) is 0. The highest BCUT2D eigenvalue weighted by Crippen LogP contribution is 2.16. The van der Waals surface area contributed by atoms with Crippen LogP contribution in [0, 0.1) is 0 Å². The monoisotopic (exact) mass is 702 g/mol. The molecule has 1 amide bonds. The third kappa shape index (κ3) is 37.9. The van der Waals surface area contributed by atoms with Gasteiger partial charge in [0.2, 0.25) is 5.91 Å². The van der Waals surface area contributed by atoms with Crippen molar-refractivity contribution in [1.29, 1.82) is 0 Å². The topological polar surface area (TPSA) is 69.6 Å². The van der Waals surface area contributed by atoms with Gasteiger partial charge in [0.15, 0.2) is 0 Å². The average molecular weight is 702 g/mol. The third-order valence-electron chi connectivity index (χ3n) is 10.1. The highest BCUT2D eigenvalue weighted by atomic mass is 16.3. The first kappa shape index (κ1) is 48.6. The summed E-state index contributed by atoms with van der Waals surface area (Å²) in [6.07, 6.45) is 55.5. The Hall–Kier alpha value is -1.39. The van der Waals surface area contributed by atoms with Crippen LogP contribution in [0.4, 0.5) is 0 Å². The number of carbonyl (C=O) groups excluding carboxylic acids is 1. The zero-order chi connectivity index (χ0) is 36.4. The molecule has 0 rings (SSSR count). The maximum absolute atomic E-state index is 12.3. The van der Waals surface area contributed by atoms with Crippen molar-refractivity contribution in [1.82, 2.24) is 5.32 Å². The molecule has 294 valence electrons. The summed E-state index contributed by atoms with van der Waals surface area (Å²) in [4.78, 5) is 12.3. The molecule has 0 bridgehead atoms. The fraction of sp³-hybridized carbons (Fsp3) is 0.848. The van der Waals surface area contributed by atoms with Gasteiger partial charge in [-0.2, -0.15) is 0 Å². The third-order valence-corrected chi connectivity index (χ3v) is 10.1. The SMILES string of the molecule is CCC/C=C\C/C=C\CCCCCCCC(=O)NC(CO)C(O)/C=C/CCCCCCCCCCCCCCCCCCCCCCCCC. The van der Waals surface area contributed by atoms with E-state index in [1.165, 1.54) is 167 Å². The Labute approximate surface area is 312 Å². The maximum atomic E-state index is 12.3. The number of aliphatic hydroxyl groups excluding tert-OH is 2. The molecule has 0 saturated heterocycles. The average Bonchev–Trinajstić information content (AvgIpc) is 3.12. The second kappa shape index (κ2) is 42.0. The lowest BCUT2D eigenvalue weighted by Crippen LogP contribution is -2.45. The molecule has 0 aromatic carbocycles. The molecule has 0 aliphatic carbocycles. The summed E-state index contributed by atoms with van der Waals surface area (Å²) in [5.74, 6) is -0.0784. The van der Waals surface area contributed by atoms with Gasteiger partial charge in [0.25, 0.3) is 0 Å². The fourth-order valence-corrected chi connectivity index (χ4v) is 6.69. The van der Waals surface area contributed by atoms with Crippen molar-refractivity contribution in [2.75, 3.05) is 6.61 Å². The van der Waals surface area contributed by atoms with E-state index in [4.69, 9.17) is 0 Å². The number of carbonyl (C=O) groups is 1. The van der Waals surface area contributed by atoms with Crippen LogP contribution in [0.15, 0.2) is 36.5 Å². The van der Waals surface area contributed by atoms with Gasteiger partial charge in [-0.1, -0.05) is 217 Å². The smallest absolute Gasteiger partial charge is 0.220 e. The minimum absolute atomic E-state index is 0.0784. The van der Waals surface area contributed by atoms with Crippen LogP contribution in [-0.2, 0) is 4.79 Å². The second-order valence-electron chi connectivity index (χ2n) is 15.1. The van der Waals surface area contributed by atoms with Gasteiger partial charge < -0.3 is 15.5 Å². The predicted molar refractivity (Wildman–Crippen MR) is 221 cm³/mol. The minimum Gasteiger partial charge on any atom is -0.394 e. The molecule has 0 aromatic heterocycles. The molecule has 50 heavy (non-hydrogen) atoms. The van der Waals surface area contributed by atoms with Gasteiger partial charge in [-0.05, 0) is 44.9 Å². The van der Waals surface area contributed by atoms with Crippen LogP contribution in [0.1, 0.15) is 232 Å². The first-order valence-corrected chi connectivity index (χ1v) is 22.2. The molecule has 2 unspecified atom stereocenters. The summed E-state index contributed by atoms with van der Waals surface area (Å²) in [6.45, 7) is 4.24.